The molecule has 5 heteroatoms. The van der Waals surface area contributed by atoms with Crippen LogP contribution >= 0.6 is 0 Å². The van der Waals surface area contributed by atoms with E-state index in [2.05, 4.69) is 4.99 Å². The Balaban J connectivity index is 1.68. The van der Waals surface area contributed by atoms with Gasteiger partial charge in [-0.05, 0) is 46.7 Å². The molecule has 0 spiro atoms. The normalized spacial score (nSPS) is 15.0. The van der Waals surface area contributed by atoms with E-state index in [1.54, 1.807) is 32.4 Å². The van der Waals surface area contributed by atoms with Gasteiger partial charge in [-0.1, -0.05) is 36.4 Å². The molecule has 1 aliphatic heterocycles. The zero-order valence-electron chi connectivity index (χ0n) is 14.9. The first kappa shape index (κ1) is 16.8. The lowest BCUT2D eigenvalue weighted by molar-refractivity contribution is -0.129. The summed E-state index contributed by atoms with van der Waals surface area (Å²) in [5, 5.41) is 2.18. The highest BCUT2D eigenvalue weighted by atomic mass is 16.6. The summed E-state index contributed by atoms with van der Waals surface area (Å²) >= 11 is 0. The van der Waals surface area contributed by atoms with Crippen molar-refractivity contribution in [3.05, 3.63) is 77.5 Å². The first-order valence-corrected chi connectivity index (χ1v) is 8.42. The standard InChI is InChI=1S/C22H17NO4/c1-25-19-10-7-14(12-20(19)26-2)11-18-22(24)27-21(23-18)17-9-8-15-5-3-4-6-16(15)13-17/h3-13H,1-2H3/b18-11-. The number of methoxy groups -OCH3 is 2. The molecule has 1 heterocycles. The number of fused-ring (bicyclic) bond motifs is 1. The Kier molecular flexibility index (Phi) is 4.34. The van der Waals surface area contributed by atoms with Gasteiger partial charge in [-0.25, -0.2) is 9.79 Å². The number of nitrogens with zero attached hydrogens (tertiary/aromatic N) is 1. The van der Waals surface area contributed by atoms with Gasteiger partial charge in [-0.3, -0.25) is 0 Å². The van der Waals surface area contributed by atoms with Crippen molar-refractivity contribution >= 4 is 28.7 Å². The molecule has 0 bridgehead atoms. The lowest BCUT2D eigenvalue weighted by Crippen LogP contribution is -2.05. The molecule has 0 radical (unpaired) electrons. The van der Waals surface area contributed by atoms with Crippen LogP contribution in [0, 0.1) is 0 Å². The first-order chi connectivity index (χ1) is 13.2. The Labute approximate surface area is 156 Å². The third kappa shape index (κ3) is 3.27. The van der Waals surface area contributed by atoms with Crippen LogP contribution in [0.25, 0.3) is 16.8 Å². The predicted molar refractivity (Wildman–Crippen MR) is 104 cm³/mol. The third-order valence-electron chi connectivity index (χ3n) is 4.33. The molecule has 1 aliphatic rings. The lowest BCUT2D eigenvalue weighted by Gasteiger charge is -2.07. The van der Waals surface area contributed by atoms with Gasteiger partial charge in [-0.2, -0.15) is 0 Å². The molecular formula is C22H17NO4. The van der Waals surface area contributed by atoms with E-state index < -0.39 is 5.97 Å². The molecule has 0 unspecified atom stereocenters. The SMILES string of the molecule is COc1ccc(/C=C2\N=C(c3ccc4ccccc4c3)OC2=O)cc1OC. The number of carbonyl (C=O) groups excluding carboxylic acids is 1. The number of hydrogen-bond donors (Lipinski definition) is 0. The molecule has 134 valence electrons. The van der Waals surface area contributed by atoms with Gasteiger partial charge in [0.2, 0.25) is 5.90 Å². The molecule has 0 aromatic heterocycles. The van der Waals surface area contributed by atoms with Crippen LogP contribution in [-0.2, 0) is 9.53 Å². The lowest BCUT2D eigenvalue weighted by atomic mass is 10.1. The quantitative estimate of drug-likeness (QED) is 0.517. The molecule has 0 amide bonds. The average Bonchev–Trinajstić information content (AvgIpc) is 3.07. The molecule has 0 fully saturated rings. The van der Waals surface area contributed by atoms with Crippen molar-refractivity contribution in [2.24, 2.45) is 4.99 Å². The van der Waals surface area contributed by atoms with Gasteiger partial charge in [0.1, 0.15) is 0 Å². The Morgan fingerprint density at radius 2 is 1.67 bits per heavy atom. The summed E-state index contributed by atoms with van der Waals surface area (Å²) in [6.45, 7) is 0. The van der Waals surface area contributed by atoms with Crippen molar-refractivity contribution in [3.63, 3.8) is 0 Å². The Bertz CT molecular complexity index is 1100. The van der Waals surface area contributed by atoms with Crippen LogP contribution in [0.4, 0.5) is 0 Å². The van der Waals surface area contributed by atoms with E-state index in [0.717, 1.165) is 21.9 Å². The zero-order chi connectivity index (χ0) is 18.8. The fourth-order valence-electron chi connectivity index (χ4n) is 2.96. The van der Waals surface area contributed by atoms with Gasteiger partial charge in [0.15, 0.2) is 17.2 Å². The van der Waals surface area contributed by atoms with Crippen molar-refractivity contribution in [1.82, 2.24) is 0 Å². The van der Waals surface area contributed by atoms with Crippen molar-refractivity contribution in [2.75, 3.05) is 14.2 Å². The fraction of sp³-hybridized carbons (Fsp3) is 0.0909. The number of cyclic esters (lactones) is 1. The number of hydrogen-bond acceptors (Lipinski definition) is 5. The number of carbonyl (C=O) groups is 1. The molecule has 0 N–H and O–H groups in total. The maximum atomic E-state index is 12.2. The highest BCUT2D eigenvalue weighted by Gasteiger charge is 2.24. The van der Waals surface area contributed by atoms with Crippen LogP contribution in [-0.4, -0.2) is 26.1 Å². The van der Waals surface area contributed by atoms with Crippen LogP contribution < -0.4 is 9.47 Å². The molecule has 0 saturated heterocycles. The summed E-state index contributed by atoms with van der Waals surface area (Å²) in [5.41, 5.74) is 1.77. The number of rotatable bonds is 4. The van der Waals surface area contributed by atoms with E-state index in [9.17, 15) is 4.79 Å². The number of esters is 1. The molecule has 0 saturated carbocycles. The van der Waals surface area contributed by atoms with E-state index in [1.165, 1.54) is 0 Å². The Morgan fingerprint density at radius 1 is 0.889 bits per heavy atom. The van der Waals surface area contributed by atoms with Crippen molar-refractivity contribution in [2.45, 2.75) is 0 Å². The van der Waals surface area contributed by atoms with E-state index >= 15 is 0 Å². The second-order valence-corrected chi connectivity index (χ2v) is 6.01. The zero-order valence-corrected chi connectivity index (χ0v) is 14.9. The van der Waals surface area contributed by atoms with E-state index in [0.29, 0.717) is 17.4 Å². The van der Waals surface area contributed by atoms with E-state index in [-0.39, 0.29) is 5.70 Å². The van der Waals surface area contributed by atoms with Gasteiger partial charge in [-0.15, -0.1) is 0 Å². The number of aliphatic imine (C=N–C) groups is 1. The number of benzene rings is 3. The number of ether oxygens (including phenoxy) is 3. The molecule has 3 aromatic rings. The minimum Gasteiger partial charge on any atom is -0.493 e. The molecule has 3 aromatic carbocycles. The summed E-state index contributed by atoms with van der Waals surface area (Å²) in [6.07, 6.45) is 1.67. The second kappa shape index (κ2) is 6.96. The van der Waals surface area contributed by atoms with Gasteiger partial charge < -0.3 is 14.2 Å². The molecule has 5 nitrogen and oxygen atoms in total. The first-order valence-electron chi connectivity index (χ1n) is 8.42. The average molecular weight is 359 g/mol. The van der Waals surface area contributed by atoms with Gasteiger partial charge in [0, 0.05) is 5.56 Å². The van der Waals surface area contributed by atoms with Crippen LogP contribution in [0.2, 0.25) is 0 Å². The Hall–Kier alpha value is -3.60. The third-order valence-corrected chi connectivity index (χ3v) is 4.33. The topological polar surface area (TPSA) is 57.1 Å². The van der Waals surface area contributed by atoms with Gasteiger partial charge in [0.25, 0.3) is 0 Å². The molecular weight excluding hydrogens is 342 g/mol. The maximum Gasteiger partial charge on any atom is 0.363 e. The van der Waals surface area contributed by atoms with E-state index in [1.807, 2.05) is 48.5 Å². The Morgan fingerprint density at radius 3 is 2.44 bits per heavy atom. The van der Waals surface area contributed by atoms with Crippen LogP contribution in [0.3, 0.4) is 0 Å². The summed E-state index contributed by atoms with van der Waals surface area (Å²) in [6, 6.07) is 19.2. The molecule has 0 atom stereocenters. The highest BCUT2D eigenvalue weighted by Crippen LogP contribution is 2.29. The summed E-state index contributed by atoms with van der Waals surface area (Å²) < 4.78 is 15.9. The van der Waals surface area contributed by atoms with Crippen molar-refractivity contribution in [3.8, 4) is 11.5 Å². The molecule has 27 heavy (non-hydrogen) atoms. The van der Waals surface area contributed by atoms with Crippen molar-refractivity contribution in [1.29, 1.82) is 0 Å². The minimum atomic E-state index is -0.479. The molecule has 4 rings (SSSR count). The van der Waals surface area contributed by atoms with Crippen LogP contribution in [0.5, 0.6) is 11.5 Å². The van der Waals surface area contributed by atoms with E-state index in [4.69, 9.17) is 14.2 Å². The molecule has 0 aliphatic carbocycles. The van der Waals surface area contributed by atoms with Crippen LogP contribution in [0.15, 0.2) is 71.4 Å². The second-order valence-electron chi connectivity index (χ2n) is 6.01. The monoisotopic (exact) mass is 359 g/mol. The summed E-state index contributed by atoms with van der Waals surface area (Å²) in [5.74, 6) is 1.02. The van der Waals surface area contributed by atoms with Gasteiger partial charge in [0.05, 0.1) is 14.2 Å². The summed E-state index contributed by atoms with van der Waals surface area (Å²) in [7, 11) is 3.14. The minimum absolute atomic E-state index is 0.241. The largest absolute Gasteiger partial charge is 0.493 e. The predicted octanol–water partition coefficient (Wildman–Crippen LogP) is 4.20. The van der Waals surface area contributed by atoms with Crippen LogP contribution in [0.1, 0.15) is 11.1 Å². The summed E-state index contributed by atoms with van der Waals surface area (Å²) in [4.78, 5) is 16.6. The van der Waals surface area contributed by atoms with Gasteiger partial charge >= 0.3 is 5.97 Å². The fourth-order valence-corrected chi connectivity index (χ4v) is 2.96. The smallest absolute Gasteiger partial charge is 0.363 e. The maximum absolute atomic E-state index is 12.2. The van der Waals surface area contributed by atoms with Crippen molar-refractivity contribution < 1.29 is 19.0 Å². The highest BCUT2D eigenvalue weighted by molar-refractivity contribution is 6.13.